The summed E-state index contributed by atoms with van der Waals surface area (Å²) in [5.41, 5.74) is 0.839. The molecule has 0 spiro atoms. The molecular weight excluding hydrogens is 303 g/mol. The van der Waals surface area contributed by atoms with Crippen LogP contribution < -0.4 is 0 Å². The zero-order valence-corrected chi connectivity index (χ0v) is 13.4. The molecule has 1 unspecified atom stereocenters. The molecule has 7 heteroatoms. The van der Waals surface area contributed by atoms with Crippen molar-refractivity contribution < 1.29 is 23.8 Å². The summed E-state index contributed by atoms with van der Waals surface area (Å²) in [4.78, 5) is 24.7. The average molecular weight is 326 g/mol. The first-order valence-corrected chi connectivity index (χ1v) is 7.32. The fourth-order valence-corrected chi connectivity index (χ4v) is 2.43. The van der Waals surface area contributed by atoms with Gasteiger partial charge >= 0.3 is 0 Å². The quantitative estimate of drug-likeness (QED) is 0.831. The van der Waals surface area contributed by atoms with Crippen LogP contribution in [0.5, 0.6) is 0 Å². The number of nitrogens with zero attached hydrogens (tertiary/aromatic N) is 2. The third-order valence-corrected chi connectivity index (χ3v) is 3.39. The van der Waals surface area contributed by atoms with Crippen LogP contribution in [-0.4, -0.2) is 73.7 Å². The number of ether oxygens (including phenoxy) is 1. The SMILES string of the molecule is CN(C)CC1COCCN1C(=O)Cc1ccc(F)cc1.O=CO. The van der Waals surface area contributed by atoms with Crippen LogP contribution in [-0.2, 0) is 20.7 Å². The monoisotopic (exact) mass is 326 g/mol. The third kappa shape index (κ3) is 6.75. The van der Waals surface area contributed by atoms with E-state index in [-0.39, 0.29) is 24.2 Å². The standard InChI is InChI=1S/C15H21FN2O2.CH2O2/c1-17(2)10-14-11-20-8-7-18(14)15(19)9-12-3-5-13(16)6-4-12;2-1-3/h3-6,14H,7-11H2,1-2H3;1H,(H,2,3). The first-order valence-electron chi connectivity index (χ1n) is 7.32. The number of carbonyl (C=O) groups excluding carboxylic acids is 1. The number of hydrogen-bond acceptors (Lipinski definition) is 4. The Balaban J connectivity index is 0.000000816. The number of rotatable bonds is 4. The smallest absolute Gasteiger partial charge is 0.290 e. The minimum atomic E-state index is -0.280. The molecule has 1 aromatic carbocycles. The molecule has 6 nitrogen and oxygen atoms in total. The van der Waals surface area contributed by atoms with E-state index in [1.807, 2.05) is 19.0 Å². The molecule has 1 saturated heterocycles. The summed E-state index contributed by atoms with van der Waals surface area (Å²) in [5.74, 6) is -0.204. The summed E-state index contributed by atoms with van der Waals surface area (Å²) in [6, 6.07) is 6.19. The second-order valence-corrected chi connectivity index (χ2v) is 5.49. The van der Waals surface area contributed by atoms with Crippen molar-refractivity contribution in [1.29, 1.82) is 0 Å². The van der Waals surface area contributed by atoms with E-state index in [1.54, 1.807) is 12.1 Å². The van der Waals surface area contributed by atoms with Gasteiger partial charge in [0.1, 0.15) is 5.82 Å². The van der Waals surface area contributed by atoms with Crippen molar-refractivity contribution in [2.45, 2.75) is 12.5 Å². The van der Waals surface area contributed by atoms with Gasteiger partial charge in [-0.3, -0.25) is 9.59 Å². The Labute approximate surface area is 135 Å². The van der Waals surface area contributed by atoms with E-state index in [4.69, 9.17) is 14.6 Å². The van der Waals surface area contributed by atoms with E-state index in [0.717, 1.165) is 12.1 Å². The molecule has 0 bridgehead atoms. The molecule has 1 N–H and O–H groups in total. The summed E-state index contributed by atoms with van der Waals surface area (Å²) >= 11 is 0. The number of halogens is 1. The van der Waals surface area contributed by atoms with Crippen LogP contribution in [0.2, 0.25) is 0 Å². The number of hydrogen-bond donors (Lipinski definition) is 1. The molecule has 2 rings (SSSR count). The Bertz CT molecular complexity index is 493. The second kappa shape index (κ2) is 9.91. The molecule has 0 saturated carbocycles. The van der Waals surface area contributed by atoms with Gasteiger partial charge in [-0.1, -0.05) is 12.1 Å². The largest absolute Gasteiger partial charge is 0.483 e. The van der Waals surface area contributed by atoms with Crippen molar-refractivity contribution in [2.24, 2.45) is 0 Å². The fourth-order valence-electron chi connectivity index (χ4n) is 2.43. The highest BCUT2D eigenvalue weighted by molar-refractivity contribution is 5.79. The van der Waals surface area contributed by atoms with Gasteiger partial charge in [0, 0.05) is 13.1 Å². The van der Waals surface area contributed by atoms with E-state index in [9.17, 15) is 9.18 Å². The topological polar surface area (TPSA) is 70.1 Å². The predicted octanol–water partition coefficient (Wildman–Crippen LogP) is 0.858. The molecule has 1 heterocycles. The van der Waals surface area contributed by atoms with Gasteiger partial charge in [0.2, 0.25) is 5.91 Å². The number of likely N-dealkylation sites (N-methyl/N-ethyl adjacent to an activating group) is 1. The maximum Gasteiger partial charge on any atom is 0.290 e. The molecule has 1 fully saturated rings. The minimum absolute atomic E-state index is 0.0757. The normalized spacial score (nSPS) is 17.4. The van der Waals surface area contributed by atoms with Crippen LogP contribution in [0.1, 0.15) is 5.56 Å². The van der Waals surface area contributed by atoms with Crippen molar-refractivity contribution in [3.05, 3.63) is 35.6 Å². The molecule has 1 atom stereocenters. The molecule has 1 aliphatic rings. The Morgan fingerprint density at radius 2 is 2.04 bits per heavy atom. The van der Waals surface area contributed by atoms with Crippen molar-refractivity contribution in [2.75, 3.05) is 40.4 Å². The zero-order chi connectivity index (χ0) is 17.2. The van der Waals surface area contributed by atoms with E-state index < -0.39 is 0 Å². The number of amides is 1. The Hall–Kier alpha value is -1.99. The number of carbonyl (C=O) groups is 2. The fraction of sp³-hybridized carbons (Fsp3) is 0.500. The van der Waals surface area contributed by atoms with E-state index in [2.05, 4.69) is 4.90 Å². The average Bonchev–Trinajstić information content (AvgIpc) is 2.50. The minimum Gasteiger partial charge on any atom is -0.483 e. The molecule has 1 aromatic rings. The van der Waals surface area contributed by atoms with Gasteiger partial charge in [-0.05, 0) is 31.8 Å². The lowest BCUT2D eigenvalue weighted by atomic mass is 10.1. The number of benzene rings is 1. The zero-order valence-electron chi connectivity index (χ0n) is 13.4. The Morgan fingerprint density at radius 1 is 1.43 bits per heavy atom. The molecular formula is C16H23FN2O4. The van der Waals surface area contributed by atoms with Gasteiger partial charge < -0.3 is 19.6 Å². The molecule has 128 valence electrons. The maximum absolute atomic E-state index is 12.9. The van der Waals surface area contributed by atoms with Gasteiger partial charge in [0.15, 0.2) is 0 Å². The first-order chi connectivity index (χ1) is 11.0. The highest BCUT2D eigenvalue weighted by atomic mass is 19.1. The third-order valence-electron chi connectivity index (χ3n) is 3.39. The molecule has 1 aliphatic heterocycles. The molecule has 0 radical (unpaired) electrons. The van der Waals surface area contributed by atoms with Gasteiger partial charge in [-0.25, -0.2) is 4.39 Å². The van der Waals surface area contributed by atoms with Crippen LogP contribution in [0, 0.1) is 5.82 Å². The highest BCUT2D eigenvalue weighted by Crippen LogP contribution is 2.12. The Morgan fingerprint density at radius 3 is 2.61 bits per heavy atom. The lowest BCUT2D eigenvalue weighted by Crippen LogP contribution is -2.53. The van der Waals surface area contributed by atoms with Gasteiger partial charge in [-0.2, -0.15) is 0 Å². The summed E-state index contributed by atoms with van der Waals surface area (Å²) in [6.07, 6.45) is 0.310. The Kier molecular flexibility index (Phi) is 8.21. The van der Waals surface area contributed by atoms with Crippen molar-refractivity contribution in [1.82, 2.24) is 9.80 Å². The highest BCUT2D eigenvalue weighted by Gasteiger charge is 2.27. The molecule has 1 amide bonds. The maximum atomic E-state index is 12.9. The summed E-state index contributed by atoms with van der Waals surface area (Å²) in [5, 5.41) is 6.89. The lowest BCUT2D eigenvalue weighted by Gasteiger charge is -2.37. The van der Waals surface area contributed by atoms with Crippen molar-refractivity contribution in [3.63, 3.8) is 0 Å². The second-order valence-electron chi connectivity index (χ2n) is 5.49. The van der Waals surface area contributed by atoms with Crippen molar-refractivity contribution in [3.8, 4) is 0 Å². The lowest BCUT2D eigenvalue weighted by molar-refractivity contribution is -0.139. The predicted molar refractivity (Wildman–Crippen MR) is 83.7 cm³/mol. The van der Waals surface area contributed by atoms with Crippen LogP contribution in [0.4, 0.5) is 4.39 Å². The summed E-state index contributed by atoms with van der Waals surface area (Å²) in [6.45, 7) is 2.32. The van der Waals surface area contributed by atoms with Gasteiger partial charge in [0.05, 0.1) is 25.7 Å². The molecule has 23 heavy (non-hydrogen) atoms. The molecule has 0 aliphatic carbocycles. The van der Waals surface area contributed by atoms with Crippen LogP contribution in [0.15, 0.2) is 24.3 Å². The first kappa shape index (κ1) is 19.1. The summed E-state index contributed by atoms with van der Waals surface area (Å²) in [7, 11) is 3.97. The van der Waals surface area contributed by atoms with Crippen LogP contribution in [0.3, 0.4) is 0 Å². The number of morpholine rings is 1. The summed E-state index contributed by atoms with van der Waals surface area (Å²) < 4.78 is 18.3. The number of carboxylic acid groups (broad SMARTS) is 1. The van der Waals surface area contributed by atoms with Crippen LogP contribution in [0.25, 0.3) is 0 Å². The van der Waals surface area contributed by atoms with Gasteiger partial charge in [0.25, 0.3) is 6.47 Å². The molecule has 0 aromatic heterocycles. The van der Waals surface area contributed by atoms with E-state index >= 15 is 0 Å². The van der Waals surface area contributed by atoms with Gasteiger partial charge in [-0.15, -0.1) is 0 Å². The van der Waals surface area contributed by atoms with E-state index in [1.165, 1.54) is 12.1 Å². The van der Waals surface area contributed by atoms with Crippen LogP contribution >= 0.6 is 0 Å². The van der Waals surface area contributed by atoms with Crippen molar-refractivity contribution >= 4 is 12.4 Å². The van der Waals surface area contributed by atoms with E-state index in [0.29, 0.717) is 26.2 Å².